The van der Waals surface area contributed by atoms with E-state index in [-0.39, 0.29) is 5.56 Å². The first-order valence-electron chi connectivity index (χ1n) is 5.24. The maximum atomic E-state index is 11.7. The lowest BCUT2D eigenvalue weighted by Gasteiger charge is -2.16. The van der Waals surface area contributed by atoms with Crippen LogP contribution in [0.5, 0.6) is 0 Å². The minimum atomic E-state index is -1.46. The van der Waals surface area contributed by atoms with Gasteiger partial charge >= 0.3 is 5.97 Å². The highest BCUT2D eigenvalue weighted by Gasteiger charge is 2.26. The summed E-state index contributed by atoms with van der Waals surface area (Å²) in [6, 6.07) is -0.231. The van der Waals surface area contributed by atoms with Crippen molar-refractivity contribution in [3.8, 4) is 0 Å². The maximum Gasteiger partial charge on any atom is 0.328 e. The van der Waals surface area contributed by atoms with Gasteiger partial charge in [0.2, 0.25) is 0 Å². The van der Waals surface area contributed by atoms with Crippen LogP contribution in [-0.4, -0.2) is 39.2 Å². The molecular weight excluding hydrogens is 240 g/mol. The Morgan fingerprint density at radius 2 is 2.06 bits per heavy atom. The number of aromatic amines is 1. The van der Waals surface area contributed by atoms with Gasteiger partial charge in [-0.15, -0.1) is 0 Å². The molecule has 1 aromatic rings. The quantitative estimate of drug-likeness (QED) is 0.563. The molecule has 0 aliphatic carbocycles. The van der Waals surface area contributed by atoms with E-state index in [4.69, 9.17) is 5.11 Å². The fraction of sp³-hybridized carbons (Fsp3) is 0.364. The van der Waals surface area contributed by atoms with Gasteiger partial charge in [-0.1, -0.05) is 0 Å². The number of rotatable bonds is 4. The lowest BCUT2D eigenvalue weighted by molar-refractivity contribution is -0.141. The highest BCUT2D eigenvalue weighted by molar-refractivity contribution is 5.96. The minimum Gasteiger partial charge on any atom is -0.480 e. The predicted molar refractivity (Wildman–Crippen MR) is 62.4 cm³/mol. The summed E-state index contributed by atoms with van der Waals surface area (Å²) in [6.45, 7) is 2.89. The van der Waals surface area contributed by atoms with Gasteiger partial charge in [0, 0.05) is 18.0 Å². The van der Waals surface area contributed by atoms with Crippen molar-refractivity contribution in [1.29, 1.82) is 0 Å². The SMILES string of the molecule is Cc1cc(=O)c(C(=O)N[C@H](C(=O)O)[C@@H](C)O)c[nH]1. The van der Waals surface area contributed by atoms with Gasteiger partial charge in [0.15, 0.2) is 11.5 Å². The van der Waals surface area contributed by atoms with E-state index in [1.54, 1.807) is 6.92 Å². The number of aryl methyl sites for hydroxylation is 1. The van der Waals surface area contributed by atoms with Crippen LogP contribution in [0, 0.1) is 6.92 Å². The van der Waals surface area contributed by atoms with E-state index in [1.807, 2.05) is 0 Å². The Hall–Kier alpha value is -2.15. The second kappa shape index (κ2) is 5.46. The summed E-state index contributed by atoms with van der Waals surface area (Å²) < 4.78 is 0. The zero-order valence-corrected chi connectivity index (χ0v) is 9.93. The van der Waals surface area contributed by atoms with Crippen LogP contribution in [0.25, 0.3) is 0 Å². The van der Waals surface area contributed by atoms with Crippen molar-refractivity contribution in [2.45, 2.75) is 26.0 Å². The molecule has 7 nitrogen and oxygen atoms in total. The smallest absolute Gasteiger partial charge is 0.328 e. The lowest BCUT2D eigenvalue weighted by Crippen LogP contribution is -2.48. The number of hydrogen-bond donors (Lipinski definition) is 4. The first-order chi connectivity index (χ1) is 8.32. The molecule has 18 heavy (non-hydrogen) atoms. The van der Waals surface area contributed by atoms with Gasteiger partial charge in [-0.25, -0.2) is 4.79 Å². The molecule has 0 bridgehead atoms. The van der Waals surface area contributed by atoms with E-state index < -0.39 is 29.5 Å². The van der Waals surface area contributed by atoms with Crippen molar-refractivity contribution < 1.29 is 19.8 Å². The first kappa shape index (κ1) is 13.9. The topological polar surface area (TPSA) is 119 Å². The largest absolute Gasteiger partial charge is 0.480 e. The van der Waals surface area contributed by atoms with Crippen molar-refractivity contribution in [1.82, 2.24) is 10.3 Å². The third kappa shape index (κ3) is 3.17. The molecule has 0 unspecified atom stereocenters. The van der Waals surface area contributed by atoms with Crippen LogP contribution in [0.1, 0.15) is 23.0 Å². The van der Waals surface area contributed by atoms with Crippen molar-refractivity contribution in [2.75, 3.05) is 0 Å². The molecule has 0 saturated heterocycles. The molecule has 0 saturated carbocycles. The summed E-state index contributed by atoms with van der Waals surface area (Å²) >= 11 is 0. The number of aliphatic hydroxyl groups is 1. The second-order valence-electron chi connectivity index (χ2n) is 3.92. The van der Waals surface area contributed by atoms with E-state index in [0.717, 1.165) is 0 Å². The summed E-state index contributed by atoms with van der Waals surface area (Å²) in [4.78, 5) is 36.7. The minimum absolute atomic E-state index is 0.201. The summed E-state index contributed by atoms with van der Waals surface area (Å²) in [5, 5.41) is 20.1. The number of aliphatic hydroxyl groups excluding tert-OH is 1. The Morgan fingerprint density at radius 3 is 2.50 bits per heavy atom. The number of carbonyl (C=O) groups is 2. The molecule has 0 radical (unpaired) electrons. The number of nitrogens with one attached hydrogen (secondary N) is 2. The molecule has 4 N–H and O–H groups in total. The molecule has 7 heteroatoms. The Kier molecular flexibility index (Phi) is 4.22. The standard InChI is InChI=1S/C11H14N2O5/c1-5-3-8(15)7(4-12-5)10(16)13-9(6(2)14)11(17)18/h3-4,6,9,14H,1-2H3,(H,12,15)(H,13,16)(H,17,18)/t6-,9+/m1/s1. The number of carboxylic acids is 1. The van der Waals surface area contributed by atoms with Gasteiger partial charge in [0.05, 0.1) is 6.10 Å². The fourth-order valence-electron chi connectivity index (χ4n) is 1.36. The molecule has 1 amide bonds. The molecule has 0 aromatic carbocycles. The third-order valence-corrected chi connectivity index (χ3v) is 2.34. The summed E-state index contributed by atoms with van der Waals surface area (Å²) in [5.41, 5.74) is -0.132. The van der Waals surface area contributed by atoms with Crippen LogP contribution < -0.4 is 10.7 Å². The van der Waals surface area contributed by atoms with Gasteiger partial charge in [-0.3, -0.25) is 9.59 Å². The van der Waals surface area contributed by atoms with Gasteiger partial charge in [-0.2, -0.15) is 0 Å². The molecular formula is C11H14N2O5. The van der Waals surface area contributed by atoms with Crippen molar-refractivity contribution in [3.63, 3.8) is 0 Å². The number of H-pyrrole nitrogens is 1. The Labute approximate surface area is 102 Å². The summed E-state index contributed by atoms with van der Waals surface area (Å²) in [7, 11) is 0. The zero-order chi connectivity index (χ0) is 13.9. The molecule has 0 fully saturated rings. The van der Waals surface area contributed by atoms with Crippen LogP contribution in [0.15, 0.2) is 17.1 Å². The molecule has 1 aromatic heterocycles. The van der Waals surface area contributed by atoms with Crippen molar-refractivity contribution in [2.24, 2.45) is 0 Å². The average Bonchev–Trinajstić information content (AvgIpc) is 2.24. The number of pyridine rings is 1. The van der Waals surface area contributed by atoms with Crippen LogP contribution in [0.4, 0.5) is 0 Å². The summed E-state index contributed by atoms with van der Waals surface area (Å²) in [5.74, 6) is -2.22. The highest BCUT2D eigenvalue weighted by atomic mass is 16.4. The van der Waals surface area contributed by atoms with Crippen LogP contribution in [-0.2, 0) is 4.79 Å². The average molecular weight is 254 g/mol. The number of amides is 1. The van der Waals surface area contributed by atoms with E-state index in [2.05, 4.69) is 10.3 Å². The number of aliphatic carboxylic acids is 1. The normalized spacial score (nSPS) is 13.7. The Balaban J connectivity index is 2.94. The van der Waals surface area contributed by atoms with Gasteiger partial charge in [-0.05, 0) is 13.8 Å². The second-order valence-corrected chi connectivity index (χ2v) is 3.92. The monoisotopic (exact) mass is 254 g/mol. The number of carbonyl (C=O) groups excluding carboxylic acids is 1. The zero-order valence-electron chi connectivity index (χ0n) is 9.93. The molecule has 98 valence electrons. The van der Waals surface area contributed by atoms with E-state index >= 15 is 0 Å². The Morgan fingerprint density at radius 1 is 1.44 bits per heavy atom. The highest BCUT2D eigenvalue weighted by Crippen LogP contribution is 1.97. The van der Waals surface area contributed by atoms with E-state index in [9.17, 15) is 19.5 Å². The van der Waals surface area contributed by atoms with E-state index in [1.165, 1.54) is 19.2 Å². The number of aromatic nitrogens is 1. The maximum absolute atomic E-state index is 11.7. The van der Waals surface area contributed by atoms with Crippen molar-refractivity contribution >= 4 is 11.9 Å². The molecule has 0 aliphatic heterocycles. The van der Waals surface area contributed by atoms with Gasteiger partial charge in [0.1, 0.15) is 5.56 Å². The predicted octanol–water partition coefficient (Wildman–Crippen LogP) is -0.753. The molecule has 2 atom stereocenters. The first-order valence-corrected chi connectivity index (χ1v) is 5.24. The van der Waals surface area contributed by atoms with E-state index in [0.29, 0.717) is 5.69 Å². The number of hydrogen-bond acceptors (Lipinski definition) is 4. The number of carboxylic acid groups (broad SMARTS) is 1. The Bertz CT molecular complexity index is 520. The molecule has 1 heterocycles. The molecule has 0 spiro atoms. The van der Waals surface area contributed by atoms with Gasteiger partial charge < -0.3 is 20.5 Å². The lowest BCUT2D eigenvalue weighted by atomic mass is 10.1. The third-order valence-electron chi connectivity index (χ3n) is 2.34. The van der Waals surface area contributed by atoms with Crippen LogP contribution in [0.3, 0.4) is 0 Å². The van der Waals surface area contributed by atoms with Crippen molar-refractivity contribution in [3.05, 3.63) is 33.7 Å². The summed E-state index contributed by atoms with van der Waals surface area (Å²) in [6.07, 6.45) is -0.0653. The van der Waals surface area contributed by atoms with Gasteiger partial charge in [0.25, 0.3) is 5.91 Å². The fourth-order valence-corrected chi connectivity index (χ4v) is 1.36. The molecule has 1 rings (SSSR count). The van der Waals surface area contributed by atoms with Crippen LogP contribution >= 0.6 is 0 Å². The van der Waals surface area contributed by atoms with Crippen LogP contribution in [0.2, 0.25) is 0 Å². The molecule has 0 aliphatic rings.